The van der Waals surface area contributed by atoms with Crippen molar-refractivity contribution in [3.8, 4) is 0 Å². The number of amides is 1. The van der Waals surface area contributed by atoms with Gasteiger partial charge in [-0.05, 0) is 54.6 Å². The highest BCUT2D eigenvalue weighted by Crippen LogP contribution is 2.35. The molecule has 6 heteroatoms. The Labute approximate surface area is 135 Å². The fraction of sp³-hybridized carbons (Fsp3) is 0.625. The summed E-state index contributed by atoms with van der Waals surface area (Å²) in [6.07, 6.45) is 2.73. The zero-order valence-corrected chi connectivity index (χ0v) is 14.1. The summed E-state index contributed by atoms with van der Waals surface area (Å²) in [6.45, 7) is 5.18. The van der Waals surface area contributed by atoms with E-state index in [-0.39, 0.29) is 11.4 Å². The molecular formula is C16H24N4OS. The molecule has 1 aromatic heterocycles. The van der Waals surface area contributed by atoms with E-state index < -0.39 is 0 Å². The van der Waals surface area contributed by atoms with Crippen molar-refractivity contribution in [1.82, 2.24) is 9.80 Å². The molecule has 1 saturated heterocycles. The summed E-state index contributed by atoms with van der Waals surface area (Å²) in [5.41, 5.74) is 6.95. The van der Waals surface area contributed by atoms with E-state index >= 15 is 0 Å². The van der Waals surface area contributed by atoms with Crippen LogP contribution in [0.5, 0.6) is 0 Å². The molecule has 0 saturated carbocycles. The summed E-state index contributed by atoms with van der Waals surface area (Å²) in [5, 5.41) is 4.33. The van der Waals surface area contributed by atoms with Gasteiger partial charge in [-0.25, -0.2) is 4.99 Å². The average Bonchev–Trinajstić information content (AvgIpc) is 2.98. The van der Waals surface area contributed by atoms with Crippen LogP contribution in [0.3, 0.4) is 0 Å². The van der Waals surface area contributed by atoms with Crippen LogP contribution in [-0.4, -0.2) is 47.3 Å². The predicted molar refractivity (Wildman–Crippen MR) is 89.7 cm³/mol. The van der Waals surface area contributed by atoms with Crippen molar-refractivity contribution in [2.24, 2.45) is 16.6 Å². The maximum Gasteiger partial charge on any atom is 0.231 e. The van der Waals surface area contributed by atoms with Crippen LogP contribution >= 0.6 is 11.3 Å². The van der Waals surface area contributed by atoms with Crippen LogP contribution in [0, 0.1) is 5.92 Å². The number of aliphatic imine (C=N–C) groups is 1. The summed E-state index contributed by atoms with van der Waals surface area (Å²) in [6, 6.07) is 2.19. The standard InChI is InChI=1S/C16H24N4OS/c1-16(8-14(21)19(2)15(17)18-16)13-4-3-6-20(10-13)9-12-5-7-22-11-12/h5,7,11,13H,3-4,6,8-10H2,1-2H3,(H2,17,18). The van der Waals surface area contributed by atoms with Crippen LogP contribution in [-0.2, 0) is 11.3 Å². The smallest absolute Gasteiger partial charge is 0.231 e. The molecule has 22 heavy (non-hydrogen) atoms. The number of thiophene rings is 1. The van der Waals surface area contributed by atoms with Crippen LogP contribution in [0.25, 0.3) is 0 Å². The molecular weight excluding hydrogens is 296 g/mol. The molecule has 0 spiro atoms. The van der Waals surface area contributed by atoms with Gasteiger partial charge in [0.1, 0.15) is 0 Å². The molecule has 120 valence electrons. The van der Waals surface area contributed by atoms with E-state index in [0.29, 0.717) is 18.3 Å². The molecule has 0 aliphatic carbocycles. The van der Waals surface area contributed by atoms with Crippen LogP contribution in [0.2, 0.25) is 0 Å². The number of hydrogen-bond acceptors (Lipinski definition) is 5. The van der Waals surface area contributed by atoms with Gasteiger partial charge in [0.25, 0.3) is 0 Å². The second kappa shape index (κ2) is 6.01. The summed E-state index contributed by atoms with van der Waals surface area (Å²) in [7, 11) is 1.70. The van der Waals surface area contributed by atoms with Crippen LogP contribution in [0.1, 0.15) is 31.7 Å². The molecule has 2 aliphatic heterocycles. The number of guanidine groups is 1. The Balaban J connectivity index is 1.72. The van der Waals surface area contributed by atoms with Crippen LogP contribution in [0.4, 0.5) is 0 Å². The van der Waals surface area contributed by atoms with Crippen molar-refractivity contribution >= 4 is 23.2 Å². The van der Waals surface area contributed by atoms with Crippen molar-refractivity contribution in [1.29, 1.82) is 0 Å². The van der Waals surface area contributed by atoms with Gasteiger partial charge < -0.3 is 5.73 Å². The first-order chi connectivity index (χ1) is 10.5. The first-order valence-electron chi connectivity index (χ1n) is 7.83. The molecule has 3 heterocycles. The second-order valence-corrected chi connectivity index (χ2v) is 7.44. The van der Waals surface area contributed by atoms with Gasteiger partial charge in [0.2, 0.25) is 5.91 Å². The van der Waals surface area contributed by atoms with Gasteiger partial charge in [-0.1, -0.05) is 0 Å². The SMILES string of the molecule is CN1C(=O)CC(C)(C2CCCN(Cc3ccsc3)C2)N=C1N. The molecule has 0 aromatic carbocycles. The Kier molecular flexibility index (Phi) is 4.23. The molecule has 2 unspecified atom stereocenters. The quantitative estimate of drug-likeness (QED) is 0.925. The molecule has 5 nitrogen and oxygen atoms in total. The fourth-order valence-corrected chi connectivity index (χ4v) is 4.17. The van der Waals surface area contributed by atoms with Gasteiger partial charge in [0.15, 0.2) is 5.96 Å². The number of likely N-dealkylation sites (tertiary alicyclic amines) is 1. The Morgan fingerprint density at radius 2 is 2.36 bits per heavy atom. The fourth-order valence-electron chi connectivity index (χ4n) is 3.51. The monoisotopic (exact) mass is 320 g/mol. The van der Waals surface area contributed by atoms with Gasteiger partial charge in [-0.2, -0.15) is 11.3 Å². The van der Waals surface area contributed by atoms with E-state index in [4.69, 9.17) is 5.73 Å². The molecule has 1 amide bonds. The third-order valence-corrected chi connectivity index (χ3v) is 5.70. The lowest BCUT2D eigenvalue weighted by atomic mass is 9.77. The predicted octanol–water partition coefficient (Wildman–Crippen LogP) is 1.90. The normalized spacial score (nSPS) is 30.5. The maximum absolute atomic E-state index is 12.2. The second-order valence-electron chi connectivity index (χ2n) is 6.66. The molecule has 2 aliphatic rings. The molecule has 0 bridgehead atoms. The third-order valence-electron chi connectivity index (χ3n) is 4.97. The highest BCUT2D eigenvalue weighted by Gasteiger charge is 2.42. The van der Waals surface area contributed by atoms with E-state index in [0.717, 1.165) is 32.5 Å². The Bertz CT molecular complexity index is 571. The Morgan fingerprint density at radius 1 is 1.55 bits per heavy atom. The molecule has 3 rings (SSSR count). The van der Waals surface area contributed by atoms with Crippen molar-refractivity contribution in [3.05, 3.63) is 22.4 Å². The minimum Gasteiger partial charge on any atom is -0.369 e. The Hall–Kier alpha value is -1.40. The number of piperidine rings is 1. The largest absolute Gasteiger partial charge is 0.369 e. The number of nitrogens with zero attached hydrogens (tertiary/aromatic N) is 3. The highest BCUT2D eigenvalue weighted by atomic mass is 32.1. The minimum atomic E-state index is -0.360. The number of carbonyl (C=O) groups excluding carboxylic acids is 1. The van der Waals surface area contributed by atoms with E-state index in [9.17, 15) is 4.79 Å². The summed E-state index contributed by atoms with van der Waals surface area (Å²) < 4.78 is 0. The van der Waals surface area contributed by atoms with Crippen LogP contribution in [0.15, 0.2) is 21.8 Å². The van der Waals surface area contributed by atoms with Crippen molar-refractivity contribution in [2.45, 2.75) is 38.3 Å². The lowest BCUT2D eigenvalue weighted by molar-refractivity contribution is -0.129. The van der Waals surface area contributed by atoms with Gasteiger partial charge >= 0.3 is 0 Å². The lowest BCUT2D eigenvalue weighted by Gasteiger charge is -2.43. The zero-order chi connectivity index (χ0) is 15.7. The van der Waals surface area contributed by atoms with Gasteiger partial charge in [0.05, 0.1) is 12.0 Å². The van der Waals surface area contributed by atoms with E-state index in [1.807, 2.05) is 0 Å². The van der Waals surface area contributed by atoms with Crippen molar-refractivity contribution in [2.75, 3.05) is 20.1 Å². The zero-order valence-electron chi connectivity index (χ0n) is 13.3. The average molecular weight is 320 g/mol. The topological polar surface area (TPSA) is 61.9 Å². The summed E-state index contributed by atoms with van der Waals surface area (Å²) in [5.74, 6) is 0.815. The molecule has 2 N–H and O–H groups in total. The van der Waals surface area contributed by atoms with Gasteiger partial charge in [-0.15, -0.1) is 0 Å². The molecule has 2 atom stereocenters. The number of rotatable bonds is 3. The van der Waals surface area contributed by atoms with Gasteiger partial charge in [0, 0.05) is 20.1 Å². The molecule has 0 radical (unpaired) electrons. The van der Waals surface area contributed by atoms with Crippen molar-refractivity contribution in [3.63, 3.8) is 0 Å². The summed E-state index contributed by atoms with van der Waals surface area (Å²) in [4.78, 5) is 20.8. The van der Waals surface area contributed by atoms with E-state index in [1.54, 1.807) is 18.4 Å². The minimum absolute atomic E-state index is 0.0740. The lowest BCUT2D eigenvalue weighted by Crippen LogP contribution is -2.54. The van der Waals surface area contributed by atoms with E-state index in [2.05, 4.69) is 33.6 Å². The van der Waals surface area contributed by atoms with Crippen LogP contribution < -0.4 is 5.73 Å². The molecule has 1 fully saturated rings. The van der Waals surface area contributed by atoms with Crippen molar-refractivity contribution < 1.29 is 4.79 Å². The van der Waals surface area contributed by atoms with E-state index in [1.165, 1.54) is 10.5 Å². The Morgan fingerprint density at radius 3 is 3.05 bits per heavy atom. The third kappa shape index (κ3) is 3.03. The number of hydrogen-bond donors (Lipinski definition) is 1. The highest BCUT2D eigenvalue weighted by molar-refractivity contribution is 7.07. The first-order valence-corrected chi connectivity index (χ1v) is 8.77. The molecule has 1 aromatic rings. The van der Waals surface area contributed by atoms with Gasteiger partial charge in [-0.3, -0.25) is 14.6 Å². The maximum atomic E-state index is 12.2. The first kappa shape index (κ1) is 15.5. The number of nitrogens with two attached hydrogens (primary N) is 1. The summed E-state index contributed by atoms with van der Waals surface area (Å²) >= 11 is 1.74. The number of carbonyl (C=O) groups is 1.